The fourth-order valence-electron chi connectivity index (χ4n) is 3.43. The van der Waals surface area contributed by atoms with Gasteiger partial charge in [0.1, 0.15) is 0 Å². The van der Waals surface area contributed by atoms with Crippen LogP contribution in [-0.4, -0.2) is 56.1 Å². The minimum atomic E-state index is 0.0353. The van der Waals surface area contributed by atoms with Crippen LogP contribution in [0.3, 0.4) is 0 Å². The van der Waals surface area contributed by atoms with E-state index in [0.29, 0.717) is 11.5 Å². The molecule has 2 aromatic carbocycles. The van der Waals surface area contributed by atoms with Crippen molar-refractivity contribution in [2.24, 2.45) is 0 Å². The molecule has 154 valence electrons. The van der Waals surface area contributed by atoms with Crippen molar-refractivity contribution in [1.29, 1.82) is 0 Å². The molecular weight excluding hydrogens is 388 g/mol. The van der Waals surface area contributed by atoms with Gasteiger partial charge in [-0.3, -0.25) is 9.69 Å². The molecule has 2 aromatic rings. The lowest BCUT2D eigenvalue weighted by molar-refractivity contribution is -0.125. The maximum atomic E-state index is 12.7. The minimum absolute atomic E-state index is 0.0353. The molecule has 3 rings (SSSR count). The topological polar surface area (TPSA) is 42.0 Å². The van der Waals surface area contributed by atoms with Gasteiger partial charge in [0, 0.05) is 43.8 Å². The minimum Gasteiger partial charge on any atom is -0.493 e. The summed E-state index contributed by atoms with van der Waals surface area (Å²) in [5.41, 5.74) is 2.14. The molecule has 0 aliphatic carbocycles. The van der Waals surface area contributed by atoms with Gasteiger partial charge in [-0.1, -0.05) is 29.8 Å². The Hall–Kier alpha value is -2.50. The third-order valence-corrected chi connectivity index (χ3v) is 5.30. The Bertz CT molecular complexity index is 852. The molecule has 0 N–H and O–H groups in total. The number of rotatable bonds is 6. The molecule has 6 heteroatoms. The molecule has 0 saturated carbocycles. The molecule has 1 fully saturated rings. The zero-order valence-electron chi connectivity index (χ0n) is 16.9. The Balaban J connectivity index is 1.56. The molecule has 0 unspecified atom stereocenters. The van der Waals surface area contributed by atoms with Crippen molar-refractivity contribution in [3.63, 3.8) is 0 Å². The molecular formula is C23H27ClN2O3. The second kappa shape index (κ2) is 10.3. The number of nitrogens with zero attached hydrogens (tertiary/aromatic N) is 2. The first-order valence-corrected chi connectivity index (χ1v) is 10.1. The van der Waals surface area contributed by atoms with Crippen molar-refractivity contribution in [3.8, 4) is 11.5 Å². The fourth-order valence-corrected chi connectivity index (χ4v) is 3.55. The van der Waals surface area contributed by atoms with Crippen molar-refractivity contribution < 1.29 is 14.3 Å². The maximum Gasteiger partial charge on any atom is 0.246 e. The van der Waals surface area contributed by atoms with Gasteiger partial charge in [-0.15, -0.1) is 0 Å². The molecule has 1 aliphatic heterocycles. The zero-order valence-corrected chi connectivity index (χ0v) is 17.7. The lowest BCUT2D eigenvalue weighted by atomic mass is 10.2. The van der Waals surface area contributed by atoms with Crippen LogP contribution in [0.25, 0.3) is 6.08 Å². The highest BCUT2D eigenvalue weighted by Gasteiger charge is 2.17. The summed E-state index contributed by atoms with van der Waals surface area (Å²) in [6.07, 6.45) is 4.42. The largest absolute Gasteiger partial charge is 0.493 e. The van der Waals surface area contributed by atoms with Crippen molar-refractivity contribution in [2.45, 2.75) is 13.0 Å². The summed E-state index contributed by atoms with van der Waals surface area (Å²) < 4.78 is 10.6. The first-order chi connectivity index (χ1) is 14.1. The summed E-state index contributed by atoms with van der Waals surface area (Å²) >= 11 is 5.96. The van der Waals surface area contributed by atoms with E-state index in [1.54, 1.807) is 20.3 Å². The Labute approximate surface area is 177 Å². The number of amides is 1. The Morgan fingerprint density at radius 1 is 1.00 bits per heavy atom. The highest BCUT2D eigenvalue weighted by Crippen LogP contribution is 2.28. The van der Waals surface area contributed by atoms with Crippen LogP contribution in [0.4, 0.5) is 0 Å². The lowest BCUT2D eigenvalue weighted by Gasteiger charge is -2.21. The van der Waals surface area contributed by atoms with Crippen LogP contribution in [-0.2, 0) is 11.3 Å². The third-order valence-electron chi connectivity index (χ3n) is 5.05. The number of halogens is 1. The van der Waals surface area contributed by atoms with Crippen LogP contribution in [0.5, 0.6) is 11.5 Å². The molecule has 0 aromatic heterocycles. The monoisotopic (exact) mass is 414 g/mol. The van der Waals surface area contributed by atoms with Crippen LogP contribution in [0.2, 0.25) is 5.02 Å². The SMILES string of the molecule is COc1ccc(/C=C/C(=O)N2CCCN(Cc3ccc(Cl)cc3)CC2)cc1OC. The molecule has 0 spiro atoms. The predicted molar refractivity (Wildman–Crippen MR) is 117 cm³/mol. The number of ether oxygens (including phenoxy) is 2. The zero-order chi connectivity index (χ0) is 20.6. The van der Waals surface area contributed by atoms with Gasteiger partial charge in [-0.2, -0.15) is 0 Å². The number of benzene rings is 2. The third kappa shape index (κ3) is 5.99. The summed E-state index contributed by atoms with van der Waals surface area (Å²) in [5.74, 6) is 1.35. The summed E-state index contributed by atoms with van der Waals surface area (Å²) in [6, 6.07) is 13.6. The highest BCUT2D eigenvalue weighted by molar-refractivity contribution is 6.30. The van der Waals surface area contributed by atoms with Gasteiger partial charge in [0.15, 0.2) is 11.5 Å². The molecule has 1 amide bonds. The van der Waals surface area contributed by atoms with Crippen molar-refractivity contribution in [3.05, 3.63) is 64.7 Å². The Kier molecular flexibility index (Phi) is 7.55. The predicted octanol–water partition coefficient (Wildman–Crippen LogP) is 4.10. The van der Waals surface area contributed by atoms with Gasteiger partial charge >= 0.3 is 0 Å². The molecule has 0 bridgehead atoms. The van der Waals surface area contributed by atoms with Gasteiger partial charge in [0.05, 0.1) is 14.2 Å². The van der Waals surface area contributed by atoms with Crippen molar-refractivity contribution in [2.75, 3.05) is 40.4 Å². The summed E-state index contributed by atoms with van der Waals surface area (Å²) in [4.78, 5) is 17.0. The van der Waals surface area contributed by atoms with E-state index in [1.165, 1.54) is 5.56 Å². The molecule has 1 aliphatic rings. The molecule has 29 heavy (non-hydrogen) atoms. The highest BCUT2D eigenvalue weighted by atomic mass is 35.5. The summed E-state index contributed by atoms with van der Waals surface area (Å²) in [5, 5.41) is 0.752. The summed E-state index contributed by atoms with van der Waals surface area (Å²) in [7, 11) is 3.20. The molecule has 1 heterocycles. The second-order valence-corrected chi connectivity index (χ2v) is 7.47. The van der Waals surface area contributed by atoms with E-state index in [0.717, 1.165) is 49.7 Å². The van der Waals surface area contributed by atoms with Gasteiger partial charge in [-0.25, -0.2) is 0 Å². The van der Waals surface area contributed by atoms with Crippen LogP contribution in [0.15, 0.2) is 48.5 Å². The standard InChI is InChI=1S/C23H27ClN2O3/c1-28-21-10-6-18(16-22(21)29-2)7-11-23(27)26-13-3-12-25(14-15-26)17-19-4-8-20(24)9-5-19/h4-11,16H,3,12-15,17H2,1-2H3/b11-7+. The number of carbonyl (C=O) groups is 1. The smallest absolute Gasteiger partial charge is 0.246 e. The summed E-state index contributed by atoms with van der Waals surface area (Å²) in [6.45, 7) is 4.21. The van der Waals surface area contributed by atoms with E-state index in [-0.39, 0.29) is 5.91 Å². The van der Waals surface area contributed by atoms with Crippen molar-refractivity contribution in [1.82, 2.24) is 9.80 Å². The first-order valence-electron chi connectivity index (χ1n) is 9.75. The number of methoxy groups -OCH3 is 2. The first kappa shape index (κ1) is 21.2. The average molecular weight is 415 g/mol. The van der Waals surface area contributed by atoms with Crippen LogP contribution in [0.1, 0.15) is 17.5 Å². The van der Waals surface area contributed by atoms with E-state index in [9.17, 15) is 4.79 Å². The van der Waals surface area contributed by atoms with Crippen LogP contribution < -0.4 is 9.47 Å². The Morgan fingerprint density at radius 2 is 1.76 bits per heavy atom. The number of hydrogen-bond donors (Lipinski definition) is 0. The Morgan fingerprint density at radius 3 is 2.48 bits per heavy atom. The number of carbonyl (C=O) groups excluding carboxylic acids is 1. The fraction of sp³-hybridized carbons (Fsp3) is 0.348. The normalized spacial score (nSPS) is 15.3. The second-order valence-electron chi connectivity index (χ2n) is 7.03. The van der Waals surface area contributed by atoms with E-state index in [4.69, 9.17) is 21.1 Å². The van der Waals surface area contributed by atoms with Gasteiger partial charge in [0.25, 0.3) is 0 Å². The van der Waals surface area contributed by atoms with E-state index < -0.39 is 0 Å². The maximum absolute atomic E-state index is 12.7. The quantitative estimate of drug-likeness (QED) is 0.667. The van der Waals surface area contributed by atoms with Gasteiger partial charge < -0.3 is 14.4 Å². The van der Waals surface area contributed by atoms with Crippen molar-refractivity contribution >= 4 is 23.6 Å². The van der Waals surface area contributed by atoms with Crippen LogP contribution >= 0.6 is 11.6 Å². The molecule has 0 atom stereocenters. The molecule has 0 radical (unpaired) electrons. The van der Waals surface area contributed by atoms with E-state index in [1.807, 2.05) is 41.3 Å². The van der Waals surface area contributed by atoms with Gasteiger partial charge in [-0.05, 0) is 47.9 Å². The molecule has 1 saturated heterocycles. The van der Waals surface area contributed by atoms with Gasteiger partial charge in [0.2, 0.25) is 5.91 Å². The van der Waals surface area contributed by atoms with E-state index >= 15 is 0 Å². The lowest BCUT2D eigenvalue weighted by Crippen LogP contribution is -2.34. The average Bonchev–Trinajstić information content (AvgIpc) is 2.99. The van der Waals surface area contributed by atoms with E-state index in [2.05, 4.69) is 17.0 Å². The van der Waals surface area contributed by atoms with Crippen LogP contribution in [0, 0.1) is 0 Å². The number of hydrogen-bond acceptors (Lipinski definition) is 4. The molecule has 5 nitrogen and oxygen atoms in total.